The van der Waals surface area contributed by atoms with Gasteiger partial charge < -0.3 is 10.1 Å². The van der Waals surface area contributed by atoms with Gasteiger partial charge in [-0.2, -0.15) is 10.1 Å². The zero-order chi connectivity index (χ0) is 19.0. The van der Waals surface area contributed by atoms with Crippen molar-refractivity contribution in [3.05, 3.63) is 47.4 Å². The highest BCUT2D eigenvalue weighted by Gasteiger charge is 2.37. The molecule has 2 aliphatic rings. The number of nitrogens with one attached hydrogen (secondary N) is 1. The average Bonchev–Trinajstić information content (AvgIpc) is 3.08. The van der Waals surface area contributed by atoms with Gasteiger partial charge in [-0.1, -0.05) is 32.9 Å². The number of rotatable bonds is 5. The van der Waals surface area contributed by atoms with Crippen molar-refractivity contribution in [2.75, 3.05) is 11.9 Å². The second-order valence-electron chi connectivity index (χ2n) is 7.98. The molecule has 142 valence electrons. The number of allylic oxidation sites excluding steroid dienone is 2. The van der Waals surface area contributed by atoms with Crippen molar-refractivity contribution in [2.45, 2.75) is 46.1 Å². The van der Waals surface area contributed by atoms with Crippen LogP contribution in [-0.2, 0) is 4.79 Å². The van der Waals surface area contributed by atoms with Crippen LogP contribution in [0.5, 0.6) is 5.75 Å². The molecule has 0 bridgehead atoms. The van der Waals surface area contributed by atoms with Crippen LogP contribution < -0.4 is 10.1 Å². The fourth-order valence-electron chi connectivity index (χ4n) is 3.81. The highest BCUT2D eigenvalue weighted by atomic mass is 16.5. The van der Waals surface area contributed by atoms with E-state index in [1.54, 1.807) is 4.68 Å². The minimum Gasteiger partial charge on any atom is -0.494 e. The maximum absolute atomic E-state index is 12.8. The third-order valence-corrected chi connectivity index (χ3v) is 5.23. The van der Waals surface area contributed by atoms with E-state index in [2.05, 4.69) is 36.2 Å². The van der Waals surface area contributed by atoms with Crippen LogP contribution in [0.15, 0.2) is 41.9 Å². The molecule has 2 atom stereocenters. The maximum Gasteiger partial charge on any atom is 0.226 e. The lowest BCUT2D eigenvalue weighted by molar-refractivity contribution is -0.117. The monoisotopic (exact) mass is 366 g/mol. The third-order valence-electron chi connectivity index (χ3n) is 5.23. The zero-order valence-electron chi connectivity index (χ0n) is 16.1. The molecule has 0 fully saturated rings. The molecule has 1 aromatic carbocycles. The average molecular weight is 366 g/mol. The van der Waals surface area contributed by atoms with E-state index >= 15 is 0 Å². The van der Waals surface area contributed by atoms with Crippen LogP contribution >= 0.6 is 0 Å². The Morgan fingerprint density at radius 3 is 2.78 bits per heavy atom. The lowest BCUT2D eigenvalue weighted by atomic mass is 9.81. The first-order valence-corrected chi connectivity index (χ1v) is 9.68. The molecule has 1 N–H and O–H groups in total. The number of aromatic nitrogens is 3. The number of carbonyl (C=O) groups excluding carboxylic acids is 1. The zero-order valence-corrected chi connectivity index (χ0v) is 16.1. The molecule has 0 spiro atoms. The molecule has 6 heteroatoms. The van der Waals surface area contributed by atoms with Crippen molar-refractivity contribution in [3.63, 3.8) is 0 Å². The number of Topliss-reactive ketones (excluding diaryl/α,β-unsaturated/α-hetero) is 1. The van der Waals surface area contributed by atoms with Gasteiger partial charge >= 0.3 is 0 Å². The SMILES string of the molecule is CC(C)CCOc1ccc(C2C3=C(CC(C)CC3=O)Nc3ncnn32)cc1. The predicted molar refractivity (Wildman–Crippen MR) is 104 cm³/mol. The Labute approximate surface area is 159 Å². The summed E-state index contributed by atoms with van der Waals surface area (Å²) in [5.74, 6) is 2.70. The van der Waals surface area contributed by atoms with Crippen molar-refractivity contribution in [3.8, 4) is 5.75 Å². The molecule has 2 unspecified atom stereocenters. The summed E-state index contributed by atoms with van der Waals surface area (Å²) in [7, 11) is 0. The minimum absolute atomic E-state index is 0.194. The second kappa shape index (κ2) is 7.18. The van der Waals surface area contributed by atoms with E-state index in [-0.39, 0.29) is 11.8 Å². The van der Waals surface area contributed by atoms with E-state index in [0.717, 1.165) is 35.4 Å². The van der Waals surface area contributed by atoms with Crippen LogP contribution in [-0.4, -0.2) is 27.2 Å². The van der Waals surface area contributed by atoms with Gasteiger partial charge in [0, 0.05) is 17.7 Å². The van der Waals surface area contributed by atoms with E-state index in [0.29, 0.717) is 30.8 Å². The van der Waals surface area contributed by atoms with Crippen molar-refractivity contribution in [1.29, 1.82) is 0 Å². The van der Waals surface area contributed by atoms with Crippen molar-refractivity contribution < 1.29 is 9.53 Å². The number of nitrogens with zero attached hydrogens (tertiary/aromatic N) is 3. The molecule has 0 saturated heterocycles. The Hall–Kier alpha value is -2.63. The summed E-state index contributed by atoms with van der Waals surface area (Å²) < 4.78 is 7.64. The molecule has 1 aliphatic carbocycles. The van der Waals surface area contributed by atoms with Gasteiger partial charge in [-0.25, -0.2) is 4.68 Å². The summed E-state index contributed by atoms with van der Waals surface area (Å²) in [6.45, 7) is 7.20. The van der Waals surface area contributed by atoms with Crippen molar-refractivity contribution in [2.24, 2.45) is 11.8 Å². The number of fused-ring (bicyclic) bond motifs is 1. The summed E-state index contributed by atoms with van der Waals surface area (Å²) in [6, 6.07) is 7.78. The Kier molecular flexibility index (Phi) is 4.72. The highest BCUT2D eigenvalue weighted by Crippen LogP contribution is 2.41. The van der Waals surface area contributed by atoms with Crippen molar-refractivity contribution >= 4 is 11.7 Å². The minimum atomic E-state index is -0.233. The molecule has 2 aromatic rings. The number of ketones is 1. The lowest BCUT2D eigenvalue weighted by Crippen LogP contribution is -2.33. The van der Waals surface area contributed by atoms with Crippen LogP contribution in [0.4, 0.5) is 5.95 Å². The Morgan fingerprint density at radius 2 is 2.04 bits per heavy atom. The summed E-state index contributed by atoms with van der Waals surface area (Å²) >= 11 is 0. The van der Waals surface area contributed by atoms with Crippen LogP contribution in [0, 0.1) is 11.8 Å². The van der Waals surface area contributed by atoms with E-state index in [9.17, 15) is 4.79 Å². The molecular formula is C21H26N4O2. The fourth-order valence-corrected chi connectivity index (χ4v) is 3.81. The molecule has 1 aliphatic heterocycles. The predicted octanol–water partition coefficient (Wildman–Crippen LogP) is 3.97. The number of benzene rings is 1. The summed E-state index contributed by atoms with van der Waals surface area (Å²) in [6.07, 6.45) is 4.00. The standard InChI is InChI=1S/C21H26N4O2/c1-13(2)8-9-27-16-6-4-15(5-7-16)20-19-17(10-14(3)11-18(19)26)24-21-22-12-23-25(20)21/h4-7,12-14,20H,8-11H2,1-3H3,(H,22,23,24). The summed E-state index contributed by atoms with van der Waals surface area (Å²) in [4.78, 5) is 17.2. The van der Waals surface area contributed by atoms with Gasteiger partial charge in [-0.3, -0.25) is 4.79 Å². The van der Waals surface area contributed by atoms with E-state index in [1.165, 1.54) is 6.33 Å². The van der Waals surface area contributed by atoms with Crippen molar-refractivity contribution in [1.82, 2.24) is 14.8 Å². The van der Waals surface area contributed by atoms with Gasteiger partial charge in [0.1, 0.15) is 18.1 Å². The number of carbonyl (C=O) groups is 1. The molecule has 4 rings (SSSR count). The number of hydrogen-bond donors (Lipinski definition) is 1. The van der Waals surface area contributed by atoms with Crippen LogP contribution in [0.25, 0.3) is 0 Å². The van der Waals surface area contributed by atoms with Gasteiger partial charge in [0.25, 0.3) is 0 Å². The number of anilines is 1. The largest absolute Gasteiger partial charge is 0.494 e. The first-order chi connectivity index (χ1) is 13.0. The topological polar surface area (TPSA) is 69.0 Å². The second-order valence-corrected chi connectivity index (χ2v) is 7.98. The van der Waals surface area contributed by atoms with Gasteiger partial charge in [0.2, 0.25) is 5.95 Å². The normalized spacial score (nSPS) is 21.7. The molecule has 2 heterocycles. The Morgan fingerprint density at radius 1 is 1.26 bits per heavy atom. The first-order valence-electron chi connectivity index (χ1n) is 9.68. The molecule has 0 radical (unpaired) electrons. The molecule has 6 nitrogen and oxygen atoms in total. The smallest absolute Gasteiger partial charge is 0.226 e. The first kappa shape index (κ1) is 17.8. The van der Waals surface area contributed by atoms with Gasteiger partial charge in [-0.05, 0) is 42.4 Å². The Balaban J connectivity index is 1.64. The molecule has 27 heavy (non-hydrogen) atoms. The molecule has 0 saturated carbocycles. The molecule has 1 aromatic heterocycles. The summed E-state index contributed by atoms with van der Waals surface area (Å²) in [5, 5.41) is 7.69. The van der Waals surface area contributed by atoms with Crippen LogP contribution in [0.3, 0.4) is 0 Å². The van der Waals surface area contributed by atoms with Crippen LogP contribution in [0.2, 0.25) is 0 Å². The highest BCUT2D eigenvalue weighted by molar-refractivity contribution is 5.99. The van der Waals surface area contributed by atoms with Gasteiger partial charge in [0.05, 0.1) is 6.61 Å². The van der Waals surface area contributed by atoms with Gasteiger partial charge in [-0.15, -0.1) is 0 Å². The Bertz CT molecular complexity index is 867. The maximum atomic E-state index is 12.8. The van der Waals surface area contributed by atoms with E-state index < -0.39 is 0 Å². The molecule has 0 amide bonds. The third kappa shape index (κ3) is 3.48. The number of hydrogen-bond acceptors (Lipinski definition) is 5. The summed E-state index contributed by atoms with van der Waals surface area (Å²) in [5.41, 5.74) is 2.83. The van der Waals surface area contributed by atoms with E-state index in [4.69, 9.17) is 4.74 Å². The van der Waals surface area contributed by atoms with Gasteiger partial charge in [0.15, 0.2) is 5.78 Å². The fraction of sp³-hybridized carbons (Fsp3) is 0.476. The quantitative estimate of drug-likeness (QED) is 0.867. The lowest BCUT2D eigenvalue weighted by Gasteiger charge is -2.34. The van der Waals surface area contributed by atoms with Crippen LogP contribution in [0.1, 0.15) is 51.6 Å². The molecular weight excluding hydrogens is 340 g/mol. The number of ether oxygens (including phenoxy) is 1. The van der Waals surface area contributed by atoms with E-state index in [1.807, 2.05) is 24.3 Å².